The first-order chi connectivity index (χ1) is 16.2. The van der Waals surface area contributed by atoms with Gasteiger partial charge in [-0.25, -0.2) is 8.42 Å². The molecule has 0 radical (unpaired) electrons. The van der Waals surface area contributed by atoms with Crippen LogP contribution in [0.5, 0.6) is 11.5 Å². The van der Waals surface area contributed by atoms with Crippen molar-refractivity contribution in [3.05, 3.63) is 47.5 Å². The molecule has 1 amide bonds. The van der Waals surface area contributed by atoms with Gasteiger partial charge in [0.05, 0.1) is 24.2 Å². The second-order valence-corrected chi connectivity index (χ2v) is 12.6. The van der Waals surface area contributed by atoms with Gasteiger partial charge in [-0.15, -0.1) is 10.2 Å². The number of hydrogen-bond donors (Lipinski definition) is 1. The molecule has 13 heteroatoms. The fourth-order valence-corrected chi connectivity index (χ4v) is 6.77. The van der Waals surface area contributed by atoms with E-state index in [1.165, 1.54) is 54.5 Å². The molecule has 3 aromatic rings. The Morgan fingerprint density at radius 3 is 2.68 bits per heavy atom. The zero-order valence-corrected chi connectivity index (χ0v) is 21.6. The van der Waals surface area contributed by atoms with Crippen LogP contribution in [0.25, 0.3) is 0 Å². The average molecular weight is 541 g/mol. The number of hydrogen-bond acceptors (Lipinski definition) is 9. The average Bonchev–Trinajstić information content (AvgIpc) is 3.24. The lowest BCUT2D eigenvalue weighted by Gasteiger charge is -2.34. The number of aromatic nitrogens is 2. The zero-order valence-electron chi connectivity index (χ0n) is 18.4. The maximum absolute atomic E-state index is 13.5. The van der Waals surface area contributed by atoms with Crippen LogP contribution in [0.1, 0.15) is 13.8 Å². The third-order valence-corrected chi connectivity index (χ3v) is 8.66. The Bertz CT molecular complexity index is 1300. The standard InChI is InChI=1S/C21H21ClN4O5S3/c1-12(2)32-21-25-24-20(33-21)23-19(27)18-11-26(16-10-13(22)4-9-17(16)31-18)34(28,29)15-7-5-14(30-3)6-8-15/h4-10,12,18H,11H2,1-3H3,(H,23,24,27)/t18-/m0/s1. The van der Waals surface area contributed by atoms with E-state index in [9.17, 15) is 13.2 Å². The van der Waals surface area contributed by atoms with E-state index in [0.717, 1.165) is 8.64 Å². The maximum atomic E-state index is 13.5. The van der Waals surface area contributed by atoms with Crippen LogP contribution in [-0.4, -0.2) is 49.5 Å². The Hall–Kier alpha value is -2.54. The van der Waals surface area contributed by atoms with Crippen molar-refractivity contribution in [3.63, 3.8) is 0 Å². The van der Waals surface area contributed by atoms with Gasteiger partial charge in [0.2, 0.25) is 5.13 Å². The van der Waals surface area contributed by atoms with E-state index < -0.39 is 22.0 Å². The lowest BCUT2D eigenvalue weighted by Crippen LogP contribution is -2.48. The molecule has 1 atom stereocenters. The summed E-state index contributed by atoms with van der Waals surface area (Å²) in [5.41, 5.74) is 0.249. The predicted octanol–water partition coefficient (Wildman–Crippen LogP) is 4.30. The molecule has 180 valence electrons. The summed E-state index contributed by atoms with van der Waals surface area (Å²) in [6.45, 7) is 3.81. The molecule has 0 fully saturated rings. The highest BCUT2D eigenvalue weighted by atomic mass is 35.5. The van der Waals surface area contributed by atoms with Gasteiger partial charge < -0.3 is 9.47 Å². The number of nitrogens with zero attached hydrogens (tertiary/aromatic N) is 3. The Kier molecular flexibility index (Phi) is 7.22. The molecule has 1 aliphatic heterocycles. The molecular formula is C21H21ClN4O5S3. The van der Waals surface area contributed by atoms with Crippen LogP contribution in [0.2, 0.25) is 5.02 Å². The van der Waals surface area contributed by atoms with Crippen molar-refractivity contribution in [2.45, 2.75) is 34.4 Å². The molecule has 1 aromatic heterocycles. The Balaban J connectivity index is 1.62. The van der Waals surface area contributed by atoms with Crippen molar-refractivity contribution in [1.82, 2.24) is 10.2 Å². The minimum absolute atomic E-state index is 0.0414. The van der Waals surface area contributed by atoms with Crippen LogP contribution in [0.3, 0.4) is 0 Å². The van der Waals surface area contributed by atoms with Crippen molar-refractivity contribution in [2.24, 2.45) is 0 Å². The van der Waals surface area contributed by atoms with Crippen LogP contribution in [0.15, 0.2) is 51.7 Å². The molecule has 1 aliphatic rings. The van der Waals surface area contributed by atoms with Crippen LogP contribution in [0, 0.1) is 0 Å². The Labute approximate surface area is 210 Å². The number of anilines is 2. The van der Waals surface area contributed by atoms with E-state index in [-0.39, 0.29) is 22.9 Å². The molecule has 2 aromatic carbocycles. The number of nitrogens with one attached hydrogen (secondary N) is 1. The molecule has 9 nitrogen and oxygen atoms in total. The second-order valence-electron chi connectivity index (χ2n) is 7.46. The van der Waals surface area contributed by atoms with Crippen LogP contribution >= 0.6 is 34.7 Å². The lowest BCUT2D eigenvalue weighted by molar-refractivity contribution is -0.122. The molecule has 4 rings (SSSR count). The van der Waals surface area contributed by atoms with Gasteiger partial charge in [0.15, 0.2) is 10.4 Å². The predicted molar refractivity (Wildman–Crippen MR) is 133 cm³/mol. The van der Waals surface area contributed by atoms with Crippen molar-refractivity contribution in [1.29, 1.82) is 0 Å². The molecule has 0 saturated carbocycles. The van der Waals surface area contributed by atoms with E-state index in [1.807, 2.05) is 13.8 Å². The van der Waals surface area contributed by atoms with Crippen LogP contribution in [0.4, 0.5) is 10.8 Å². The summed E-state index contributed by atoms with van der Waals surface area (Å²) in [6, 6.07) is 10.6. The van der Waals surface area contributed by atoms with Crippen molar-refractivity contribution in [2.75, 3.05) is 23.3 Å². The highest BCUT2D eigenvalue weighted by Gasteiger charge is 2.38. The third-order valence-electron chi connectivity index (χ3n) is 4.70. The first-order valence-corrected chi connectivity index (χ1v) is 13.6. The molecule has 0 unspecified atom stereocenters. The Morgan fingerprint density at radius 2 is 2.00 bits per heavy atom. The molecule has 0 aliphatic carbocycles. The van der Waals surface area contributed by atoms with Crippen molar-refractivity contribution in [3.8, 4) is 11.5 Å². The van der Waals surface area contributed by atoms with E-state index in [0.29, 0.717) is 21.2 Å². The largest absolute Gasteiger partial charge is 0.497 e. The molecule has 1 N–H and O–H groups in total. The molecule has 34 heavy (non-hydrogen) atoms. The molecular weight excluding hydrogens is 520 g/mol. The van der Waals surface area contributed by atoms with Gasteiger partial charge in [-0.1, -0.05) is 48.5 Å². The minimum Gasteiger partial charge on any atom is -0.497 e. The quantitative estimate of drug-likeness (QED) is 0.349. The Morgan fingerprint density at radius 1 is 1.26 bits per heavy atom. The SMILES string of the molecule is COc1ccc(S(=O)(=O)N2C[C@@H](C(=O)Nc3nnc(SC(C)C)s3)Oc3ccc(Cl)cc32)cc1. The minimum atomic E-state index is -4.04. The summed E-state index contributed by atoms with van der Waals surface area (Å²) in [6.07, 6.45) is -1.12. The van der Waals surface area contributed by atoms with Gasteiger partial charge in [-0.2, -0.15) is 0 Å². The second kappa shape index (κ2) is 9.98. The zero-order chi connectivity index (χ0) is 24.5. The fraction of sp³-hybridized carbons (Fsp3) is 0.286. The summed E-state index contributed by atoms with van der Waals surface area (Å²) in [5.74, 6) is 0.211. The number of ether oxygens (including phenoxy) is 2. The highest BCUT2D eigenvalue weighted by Crippen LogP contribution is 2.39. The third kappa shape index (κ3) is 5.24. The highest BCUT2D eigenvalue weighted by molar-refractivity contribution is 8.01. The number of benzene rings is 2. The maximum Gasteiger partial charge on any atom is 0.269 e. The van der Waals surface area contributed by atoms with Gasteiger partial charge in [0.25, 0.3) is 15.9 Å². The molecule has 0 saturated heterocycles. The number of carbonyl (C=O) groups excluding carboxylic acids is 1. The van der Waals surface area contributed by atoms with E-state index in [4.69, 9.17) is 21.1 Å². The van der Waals surface area contributed by atoms with Crippen molar-refractivity contribution >= 4 is 61.4 Å². The number of fused-ring (bicyclic) bond motifs is 1. The topological polar surface area (TPSA) is 111 Å². The number of methoxy groups -OCH3 is 1. The van der Waals surface area contributed by atoms with Gasteiger partial charge in [0.1, 0.15) is 11.5 Å². The first kappa shape index (κ1) is 24.6. The first-order valence-electron chi connectivity index (χ1n) is 10.1. The van der Waals surface area contributed by atoms with Gasteiger partial charge >= 0.3 is 0 Å². The number of sulfonamides is 1. The molecule has 0 bridgehead atoms. The van der Waals surface area contributed by atoms with E-state index >= 15 is 0 Å². The number of rotatable bonds is 7. The van der Waals surface area contributed by atoms with Crippen molar-refractivity contribution < 1.29 is 22.7 Å². The number of amides is 1. The number of carbonyl (C=O) groups is 1. The monoisotopic (exact) mass is 540 g/mol. The fourth-order valence-electron chi connectivity index (χ4n) is 3.16. The number of halogens is 1. The summed E-state index contributed by atoms with van der Waals surface area (Å²) >= 11 is 8.90. The summed E-state index contributed by atoms with van der Waals surface area (Å²) < 4.78 is 39.9. The summed E-state index contributed by atoms with van der Waals surface area (Å²) in [5, 5.41) is 11.7. The van der Waals surface area contributed by atoms with Gasteiger partial charge in [0, 0.05) is 10.3 Å². The van der Waals surface area contributed by atoms with Crippen LogP contribution < -0.4 is 19.1 Å². The molecule has 2 heterocycles. The number of thioether (sulfide) groups is 1. The lowest BCUT2D eigenvalue weighted by atomic mass is 10.2. The van der Waals surface area contributed by atoms with Gasteiger partial charge in [-0.05, 0) is 42.5 Å². The van der Waals surface area contributed by atoms with Crippen LogP contribution in [-0.2, 0) is 14.8 Å². The van der Waals surface area contributed by atoms with Gasteiger partial charge in [-0.3, -0.25) is 14.4 Å². The normalized spacial score (nSPS) is 15.6. The van der Waals surface area contributed by atoms with E-state index in [2.05, 4.69) is 15.5 Å². The summed E-state index contributed by atoms with van der Waals surface area (Å²) in [7, 11) is -2.54. The summed E-state index contributed by atoms with van der Waals surface area (Å²) in [4.78, 5) is 13.0. The smallest absolute Gasteiger partial charge is 0.269 e. The molecule has 0 spiro atoms. The van der Waals surface area contributed by atoms with E-state index in [1.54, 1.807) is 18.2 Å².